The lowest BCUT2D eigenvalue weighted by Gasteiger charge is -2.09. The number of carbonyl (C=O) groups excluding carboxylic acids is 1. The number of halogens is 1. The van der Waals surface area contributed by atoms with Gasteiger partial charge in [-0.3, -0.25) is 4.79 Å². The fraction of sp³-hybridized carbons (Fsp3) is 0.125. The number of methoxy groups -OCH3 is 1. The number of hydrogen-bond acceptors (Lipinski definition) is 3. The number of nitrogens with one attached hydrogen (secondary N) is 1. The standard InChI is InChI=1S/C16H13FN2O2/c1-21-15-7-4-12(17)10-14(15)16(20)19-13-5-2-11(3-6-13)8-9-18/h2-7,10H,8H2,1H3,(H,19,20). The number of amides is 1. The number of carbonyl (C=O) groups is 1. The van der Waals surface area contributed by atoms with Crippen LogP contribution in [0.3, 0.4) is 0 Å². The Kier molecular flexibility index (Phi) is 4.52. The molecule has 1 N–H and O–H groups in total. The predicted octanol–water partition coefficient (Wildman–Crippen LogP) is 3.15. The number of benzene rings is 2. The van der Waals surface area contributed by atoms with Crippen LogP contribution in [0.25, 0.3) is 0 Å². The first-order valence-corrected chi connectivity index (χ1v) is 6.25. The van der Waals surface area contributed by atoms with Crippen molar-refractivity contribution in [3.05, 3.63) is 59.4 Å². The molecule has 0 aliphatic heterocycles. The summed E-state index contributed by atoms with van der Waals surface area (Å²) in [5.41, 5.74) is 1.55. The Balaban J connectivity index is 2.18. The first-order valence-electron chi connectivity index (χ1n) is 6.25. The summed E-state index contributed by atoms with van der Waals surface area (Å²) >= 11 is 0. The van der Waals surface area contributed by atoms with E-state index >= 15 is 0 Å². The van der Waals surface area contributed by atoms with Gasteiger partial charge in [-0.25, -0.2) is 4.39 Å². The van der Waals surface area contributed by atoms with Crippen LogP contribution in [-0.4, -0.2) is 13.0 Å². The Labute approximate surface area is 121 Å². The van der Waals surface area contributed by atoms with Gasteiger partial charge >= 0.3 is 0 Å². The van der Waals surface area contributed by atoms with Gasteiger partial charge < -0.3 is 10.1 Å². The normalized spacial score (nSPS) is 9.76. The average molecular weight is 284 g/mol. The lowest BCUT2D eigenvalue weighted by Crippen LogP contribution is -2.13. The summed E-state index contributed by atoms with van der Waals surface area (Å²) in [4.78, 5) is 12.1. The minimum Gasteiger partial charge on any atom is -0.496 e. The molecule has 0 unspecified atom stereocenters. The highest BCUT2D eigenvalue weighted by Gasteiger charge is 2.13. The molecule has 0 fully saturated rings. The van der Waals surface area contributed by atoms with Gasteiger partial charge in [0.25, 0.3) is 5.91 Å². The molecule has 0 heterocycles. The summed E-state index contributed by atoms with van der Waals surface area (Å²) < 4.78 is 18.3. The van der Waals surface area contributed by atoms with Gasteiger partial charge in [0, 0.05) is 5.69 Å². The third-order valence-corrected chi connectivity index (χ3v) is 2.90. The Bertz CT molecular complexity index is 690. The first-order chi connectivity index (χ1) is 10.1. The highest BCUT2D eigenvalue weighted by molar-refractivity contribution is 6.06. The van der Waals surface area contributed by atoms with E-state index in [1.807, 2.05) is 6.07 Å². The molecule has 0 atom stereocenters. The minimum atomic E-state index is -0.509. The molecule has 0 radical (unpaired) electrons. The molecule has 0 aliphatic carbocycles. The Morgan fingerprint density at radius 2 is 2.00 bits per heavy atom. The van der Waals surface area contributed by atoms with Crippen LogP contribution in [0, 0.1) is 17.1 Å². The van der Waals surface area contributed by atoms with Crippen LogP contribution in [0.15, 0.2) is 42.5 Å². The van der Waals surface area contributed by atoms with E-state index in [9.17, 15) is 9.18 Å². The molecule has 4 nitrogen and oxygen atoms in total. The van der Waals surface area contributed by atoms with Crippen LogP contribution in [0.5, 0.6) is 5.75 Å². The number of nitrogens with zero attached hydrogens (tertiary/aromatic N) is 1. The molecule has 106 valence electrons. The van der Waals surface area contributed by atoms with Gasteiger partial charge in [0.15, 0.2) is 0 Å². The van der Waals surface area contributed by atoms with E-state index < -0.39 is 11.7 Å². The predicted molar refractivity (Wildman–Crippen MR) is 76.7 cm³/mol. The van der Waals surface area contributed by atoms with Crippen LogP contribution in [0.2, 0.25) is 0 Å². The summed E-state index contributed by atoms with van der Waals surface area (Å²) in [5.74, 6) is -0.667. The molecule has 0 aliphatic rings. The van der Waals surface area contributed by atoms with Crippen molar-refractivity contribution >= 4 is 11.6 Å². The largest absolute Gasteiger partial charge is 0.496 e. The second kappa shape index (κ2) is 6.53. The van der Waals surface area contributed by atoms with Crippen molar-refractivity contribution in [1.29, 1.82) is 5.26 Å². The smallest absolute Gasteiger partial charge is 0.259 e. The molecule has 0 saturated heterocycles. The maximum absolute atomic E-state index is 13.3. The molecule has 2 rings (SSSR count). The summed E-state index contributed by atoms with van der Waals surface area (Å²) in [6.07, 6.45) is 0.311. The summed E-state index contributed by atoms with van der Waals surface area (Å²) in [6.45, 7) is 0. The zero-order chi connectivity index (χ0) is 15.2. The van der Waals surface area contributed by atoms with Gasteiger partial charge in [-0.1, -0.05) is 12.1 Å². The first kappa shape index (κ1) is 14.5. The van der Waals surface area contributed by atoms with Gasteiger partial charge in [-0.15, -0.1) is 0 Å². The van der Waals surface area contributed by atoms with Gasteiger partial charge in [0.1, 0.15) is 11.6 Å². The monoisotopic (exact) mass is 284 g/mol. The van der Waals surface area contributed by atoms with E-state index in [0.29, 0.717) is 17.9 Å². The molecule has 5 heteroatoms. The Morgan fingerprint density at radius 3 is 2.62 bits per heavy atom. The number of rotatable bonds is 4. The van der Waals surface area contributed by atoms with Crippen LogP contribution in [-0.2, 0) is 6.42 Å². The van der Waals surface area contributed by atoms with Crippen molar-refractivity contribution in [3.8, 4) is 11.8 Å². The average Bonchev–Trinajstić information content (AvgIpc) is 2.49. The molecule has 1 amide bonds. The fourth-order valence-corrected chi connectivity index (χ4v) is 1.85. The lowest BCUT2D eigenvalue weighted by atomic mass is 10.1. The van der Waals surface area contributed by atoms with Gasteiger partial charge in [0.05, 0.1) is 25.2 Å². The zero-order valence-electron chi connectivity index (χ0n) is 11.4. The molecule has 21 heavy (non-hydrogen) atoms. The van der Waals surface area contributed by atoms with Gasteiger partial charge in [-0.2, -0.15) is 5.26 Å². The molecule has 0 spiro atoms. The molecular formula is C16H13FN2O2. The molecule has 0 bridgehead atoms. The lowest BCUT2D eigenvalue weighted by molar-refractivity contribution is 0.102. The number of ether oxygens (including phenoxy) is 1. The van der Waals surface area contributed by atoms with E-state index in [4.69, 9.17) is 10.00 Å². The van der Waals surface area contributed by atoms with Gasteiger partial charge in [0.2, 0.25) is 0 Å². The summed E-state index contributed by atoms with van der Waals surface area (Å²) in [5, 5.41) is 11.3. The van der Waals surface area contributed by atoms with E-state index in [-0.39, 0.29) is 5.56 Å². The number of hydrogen-bond donors (Lipinski definition) is 1. The van der Waals surface area contributed by atoms with Crippen molar-refractivity contribution in [2.45, 2.75) is 6.42 Å². The maximum Gasteiger partial charge on any atom is 0.259 e. The number of anilines is 1. The zero-order valence-corrected chi connectivity index (χ0v) is 11.4. The van der Waals surface area contributed by atoms with E-state index in [0.717, 1.165) is 11.6 Å². The summed E-state index contributed by atoms with van der Waals surface area (Å²) in [6, 6.07) is 12.7. The van der Waals surface area contributed by atoms with Crippen LogP contribution >= 0.6 is 0 Å². The topological polar surface area (TPSA) is 62.1 Å². The van der Waals surface area contributed by atoms with Crippen LogP contribution in [0.4, 0.5) is 10.1 Å². The minimum absolute atomic E-state index is 0.124. The Morgan fingerprint density at radius 1 is 1.29 bits per heavy atom. The van der Waals surface area contributed by atoms with E-state index in [1.54, 1.807) is 24.3 Å². The highest BCUT2D eigenvalue weighted by Crippen LogP contribution is 2.21. The van der Waals surface area contributed by atoms with Crippen molar-refractivity contribution < 1.29 is 13.9 Å². The van der Waals surface area contributed by atoms with Crippen LogP contribution in [0.1, 0.15) is 15.9 Å². The molecule has 2 aromatic rings. The summed E-state index contributed by atoms with van der Waals surface area (Å²) in [7, 11) is 1.42. The van der Waals surface area contributed by atoms with E-state index in [1.165, 1.54) is 19.2 Å². The third-order valence-electron chi connectivity index (χ3n) is 2.90. The van der Waals surface area contributed by atoms with Gasteiger partial charge in [-0.05, 0) is 35.9 Å². The third kappa shape index (κ3) is 3.57. The number of nitriles is 1. The van der Waals surface area contributed by atoms with Crippen molar-refractivity contribution in [3.63, 3.8) is 0 Å². The fourth-order valence-electron chi connectivity index (χ4n) is 1.85. The maximum atomic E-state index is 13.3. The SMILES string of the molecule is COc1ccc(F)cc1C(=O)Nc1ccc(CC#N)cc1. The molecule has 2 aromatic carbocycles. The molecule has 0 saturated carbocycles. The van der Waals surface area contributed by atoms with E-state index in [2.05, 4.69) is 5.32 Å². The Hall–Kier alpha value is -2.87. The van der Waals surface area contributed by atoms with Crippen molar-refractivity contribution in [2.24, 2.45) is 0 Å². The van der Waals surface area contributed by atoms with Crippen molar-refractivity contribution in [2.75, 3.05) is 12.4 Å². The second-order valence-corrected chi connectivity index (χ2v) is 4.33. The quantitative estimate of drug-likeness (QED) is 0.938. The second-order valence-electron chi connectivity index (χ2n) is 4.33. The molecular weight excluding hydrogens is 271 g/mol. The van der Waals surface area contributed by atoms with Crippen LogP contribution < -0.4 is 10.1 Å². The molecule has 0 aromatic heterocycles. The highest BCUT2D eigenvalue weighted by atomic mass is 19.1. The van der Waals surface area contributed by atoms with Crippen molar-refractivity contribution in [1.82, 2.24) is 0 Å².